The van der Waals surface area contributed by atoms with Crippen LogP contribution >= 0.6 is 48.9 Å². The fourth-order valence-electron chi connectivity index (χ4n) is 1.59. The summed E-state index contributed by atoms with van der Waals surface area (Å²) in [5, 5.41) is 2.11. The van der Waals surface area contributed by atoms with Crippen LogP contribution < -0.4 is 0 Å². The van der Waals surface area contributed by atoms with E-state index in [1.54, 1.807) is 0 Å². The zero-order chi connectivity index (χ0) is 19.3. The number of ether oxygens (including phenoxy) is 4. The van der Waals surface area contributed by atoms with Crippen molar-refractivity contribution >= 4 is 69.1 Å². The van der Waals surface area contributed by atoms with Gasteiger partial charge in [0.05, 0.1) is 0 Å². The van der Waals surface area contributed by atoms with Gasteiger partial charge < -0.3 is 18.9 Å². The van der Waals surface area contributed by atoms with Crippen LogP contribution in [0.5, 0.6) is 0 Å². The number of hydrogen-bond donors (Lipinski definition) is 0. The lowest BCUT2D eigenvalue weighted by Crippen LogP contribution is -2.43. The molecule has 0 aromatic carbocycles. The highest BCUT2D eigenvalue weighted by atomic mass is 32.1. The van der Waals surface area contributed by atoms with Gasteiger partial charge in [-0.3, -0.25) is 0 Å². The molecule has 0 spiro atoms. The van der Waals surface area contributed by atoms with Crippen LogP contribution in [0.1, 0.15) is 53.4 Å². The predicted octanol–water partition coefficient (Wildman–Crippen LogP) is 4.99. The minimum atomic E-state index is -0.614. The Labute approximate surface area is 172 Å². The standard InChI is InChI=1S/C17H28O4S4/c1-5-13(22)18-9-17(10-19-14(23)6-2,11-20-15(24)7-3)12-21-16(25)8-4/h5-12H2,1-4H3. The topological polar surface area (TPSA) is 36.9 Å². The van der Waals surface area contributed by atoms with E-state index >= 15 is 0 Å². The van der Waals surface area contributed by atoms with E-state index < -0.39 is 5.41 Å². The lowest BCUT2D eigenvalue weighted by Gasteiger charge is -2.33. The SMILES string of the molecule is CCC(=S)OCC(COC(=S)CC)(COC(=S)CC)COC(=S)CC. The third-order valence-electron chi connectivity index (χ3n) is 3.31. The monoisotopic (exact) mass is 424 g/mol. The molecule has 0 fully saturated rings. The molecule has 0 aliphatic carbocycles. The first-order chi connectivity index (χ1) is 11.8. The molecule has 0 atom stereocenters. The van der Waals surface area contributed by atoms with Gasteiger partial charge in [0.15, 0.2) is 20.2 Å². The quantitative estimate of drug-likeness (QED) is 0.406. The van der Waals surface area contributed by atoms with Crippen molar-refractivity contribution in [3.05, 3.63) is 0 Å². The van der Waals surface area contributed by atoms with Crippen molar-refractivity contribution in [3.8, 4) is 0 Å². The van der Waals surface area contributed by atoms with Crippen LogP contribution in [-0.4, -0.2) is 46.6 Å². The molecule has 0 aliphatic heterocycles. The highest BCUT2D eigenvalue weighted by molar-refractivity contribution is 7.80. The maximum Gasteiger partial charge on any atom is 0.159 e. The summed E-state index contributed by atoms with van der Waals surface area (Å²) in [6.07, 6.45) is 2.62. The first-order valence-electron chi connectivity index (χ1n) is 8.44. The van der Waals surface area contributed by atoms with Gasteiger partial charge in [-0.15, -0.1) is 0 Å². The Bertz CT molecular complexity index is 380. The van der Waals surface area contributed by atoms with Gasteiger partial charge in [0.25, 0.3) is 0 Å². The Morgan fingerprint density at radius 1 is 0.520 bits per heavy atom. The summed E-state index contributed by atoms with van der Waals surface area (Å²) in [5.41, 5.74) is -0.614. The van der Waals surface area contributed by atoms with Crippen LogP contribution in [0.4, 0.5) is 0 Å². The van der Waals surface area contributed by atoms with E-state index in [1.165, 1.54) is 0 Å². The number of rotatable bonds is 12. The molecule has 0 bridgehead atoms. The smallest absolute Gasteiger partial charge is 0.159 e. The van der Waals surface area contributed by atoms with Gasteiger partial charge in [-0.2, -0.15) is 0 Å². The maximum absolute atomic E-state index is 5.72. The van der Waals surface area contributed by atoms with Gasteiger partial charge in [-0.05, 0) is 48.9 Å². The Morgan fingerprint density at radius 3 is 0.880 bits per heavy atom. The van der Waals surface area contributed by atoms with Gasteiger partial charge in [-0.25, -0.2) is 0 Å². The fourth-order valence-corrected chi connectivity index (χ4v) is 1.83. The van der Waals surface area contributed by atoms with Crippen LogP contribution in [0.3, 0.4) is 0 Å². The Morgan fingerprint density at radius 2 is 0.720 bits per heavy atom. The minimum Gasteiger partial charge on any atom is -0.486 e. The molecule has 0 heterocycles. The molecular formula is C17H28O4S4. The average molecular weight is 425 g/mol. The molecule has 0 aromatic heterocycles. The highest BCUT2D eigenvalue weighted by Gasteiger charge is 2.36. The second kappa shape index (κ2) is 13.7. The first kappa shape index (κ1) is 24.6. The summed E-state index contributed by atoms with van der Waals surface area (Å²) >= 11 is 20.7. The molecule has 4 nitrogen and oxygen atoms in total. The Balaban J connectivity index is 5.24. The summed E-state index contributed by atoms with van der Waals surface area (Å²) in [6, 6.07) is 0. The Kier molecular flexibility index (Phi) is 13.5. The molecule has 0 aliphatic rings. The van der Waals surface area contributed by atoms with Crippen molar-refractivity contribution in [1.29, 1.82) is 0 Å². The van der Waals surface area contributed by atoms with Crippen LogP contribution in [0.15, 0.2) is 0 Å². The highest BCUT2D eigenvalue weighted by Crippen LogP contribution is 2.23. The summed E-state index contributed by atoms with van der Waals surface area (Å²) in [7, 11) is 0. The summed E-state index contributed by atoms with van der Waals surface area (Å²) in [4.78, 5) is 0. The third kappa shape index (κ3) is 11.0. The van der Waals surface area contributed by atoms with Crippen LogP contribution in [0, 0.1) is 5.41 Å². The minimum absolute atomic E-state index is 0.282. The molecule has 0 radical (unpaired) electrons. The van der Waals surface area contributed by atoms with E-state index in [1.807, 2.05) is 27.7 Å². The van der Waals surface area contributed by atoms with Gasteiger partial charge in [0, 0.05) is 25.7 Å². The molecular weight excluding hydrogens is 396 g/mol. The van der Waals surface area contributed by atoms with E-state index in [2.05, 4.69) is 0 Å². The van der Waals surface area contributed by atoms with Crippen molar-refractivity contribution < 1.29 is 18.9 Å². The van der Waals surface area contributed by atoms with Gasteiger partial charge in [0.1, 0.15) is 31.8 Å². The summed E-state index contributed by atoms with van der Waals surface area (Å²) in [6.45, 7) is 8.90. The molecule has 0 N–H and O–H groups in total. The van der Waals surface area contributed by atoms with Crippen molar-refractivity contribution in [2.45, 2.75) is 53.4 Å². The van der Waals surface area contributed by atoms with Gasteiger partial charge >= 0.3 is 0 Å². The van der Waals surface area contributed by atoms with Gasteiger partial charge in [-0.1, -0.05) is 27.7 Å². The van der Waals surface area contributed by atoms with E-state index in [0.717, 1.165) is 0 Å². The first-order valence-corrected chi connectivity index (χ1v) is 10.1. The van der Waals surface area contributed by atoms with Crippen LogP contribution in [-0.2, 0) is 18.9 Å². The lowest BCUT2D eigenvalue weighted by atomic mass is 9.92. The zero-order valence-corrected chi connectivity index (χ0v) is 18.7. The van der Waals surface area contributed by atoms with Crippen molar-refractivity contribution in [3.63, 3.8) is 0 Å². The molecule has 0 saturated carbocycles. The van der Waals surface area contributed by atoms with E-state index in [4.69, 9.17) is 67.8 Å². The fraction of sp³-hybridized carbons (Fsp3) is 0.765. The average Bonchev–Trinajstić information content (AvgIpc) is 2.65. The Hall–Kier alpha value is -0.440. The largest absolute Gasteiger partial charge is 0.486 e. The van der Waals surface area contributed by atoms with Crippen molar-refractivity contribution in [2.75, 3.05) is 26.4 Å². The van der Waals surface area contributed by atoms with E-state index in [0.29, 0.717) is 45.9 Å². The number of hydrogen-bond acceptors (Lipinski definition) is 8. The lowest BCUT2D eigenvalue weighted by molar-refractivity contribution is -0.0158. The molecule has 144 valence electrons. The third-order valence-corrected chi connectivity index (χ3v) is 4.94. The summed E-state index contributed by atoms with van der Waals surface area (Å²) in [5.74, 6) is 0. The summed E-state index contributed by atoms with van der Waals surface area (Å²) < 4.78 is 22.9. The molecule has 0 saturated heterocycles. The van der Waals surface area contributed by atoms with Crippen molar-refractivity contribution in [1.82, 2.24) is 0 Å². The van der Waals surface area contributed by atoms with Crippen LogP contribution in [0.25, 0.3) is 0 Å². The molecule has 0 aromatic rings. The zero-order valence-electron chi connectivity index (χ0n) is 15.4. The van der Waals surface area contributed by atoms with E-state index in [-0.39, 0.29) is 26.4 Å². The van der Waals surface area contributed by atoms with Crippen LogP contribution in [0.2, 0.25) is 0 Å². The predicted molar refractivity (Wildman–Crippen MR) is 118 cm³/mol. The number of thiocarbonyl (C=S) groups is 4. The normalized spacial score (nSPS) is 10.7. The molecule has 0 rings (SSSR count). The van der Waals surface area contributed by atoms with E-state index in [9.17, 15) is 0 Å². The second-order valence-corrected chi connectivity index (χ2v) is 7.38. The molecule has 0 unspecified atom stereocenters. The molecule has 8 heteroatoms. The van der Waals surface area contributed by atoms with Gasteiger partial charge in [0.2, 0.25) is 0 Å². The molecule has 25 heavy (non-hydrogen) atoms. The maximum atomic E-state index is 5.72. The molecule has 0 amide bonds. The second-order valence-electron chi connectivity index (χ2n) is 5.56. The van der Waals surface area contributed by atoms with Crippen molar-refractivity contribution in [2.24, 2.45) is 5.41 Å².